The number of rotatable bonds is 10. The summed E-state index contributed by atoms with van der Waals surface area (Å²) in [4.78, 5) is 19.4. The maximum absolute atomic E-state index is 6.60. The van der Waals surface area contributed by atoms with E-state index in [2.05, 4.69) is 186 Å². The average molecular weight is 1170 g/mol. The lowest BCUT2D eigenvalue weighted by molar-refractivity contribution is 0.477. The summed E-state index contributed by atoms with van der Waals surface area (Å²) in [5.74, 6) is 4.71. The van der Waals surface area contributed by atoms with E-state index in [0.717, 1.165) is 163 Å². The van der Waals surface area contributed by atoms with Gasteiger partial charge in [-0.25, -0.2) is 15.0 Å². The Kier molecular flexibility index (Phi) is 12.0. The van der Waals surface area contributed by atoms with Crippen LogP contribution in [-0.4, -0.2) is 15.0 Å². The van der Waals surface area contributed by atoms with Gasteiger partial charge in [0.2, 0.25) is 17.7 Å². The Morgan fingerprint density at radius 1 is 0.231 bits per heavy atom. The number of anilines is 6. The zero-order valence-corrected chi connectivity index (χ0v) is 48.6. The van der Waals surface area contributed by atoms with Crippen LogP contribution in [0, 0.1) is 0 Å². The summed E-state index contributed by atoms with van der Waals surface area (Å²) in [5, 5.41) is 0. The van der Waals surface area contributed by atoms with Crippen LogP contribution in [0.5, 0.6) is 23.0 Å². The zero-order valence-electron chi connectivity index (χ0n) is 48.6. The lowest BCUT2D eigenvalue weighted by atomic mass is 9.78. The molecule has 0 unspecified atom stereocenters. The highest BCUT2D eigenvalue weighted by Gasteiger charge is 2.31. The van der Waals surface area contributed by atoms with Crippen LogP contribution in [0.15, 0.2) is 311 Å². The number of nitrogens with zero attached hydrogens (tertiary/aromatic N) is 5. The normalized spacial score (nSPS) is 12.3. The number of hydrogen-bond donors (Lipinski definition) is 0. The minimum absolute atomic E-state index is 0.540. The average Bonchev–Trinajstić information content (AvgIpc) is 1.34. The van der Waals surface area contributed by atoms with Crippen molar-refractivity contribution in [3.63, 3.8) is 0 Å². The SMILES string of the molecule is c1cc(-c2cc(-c3ccc(-c4nc5ccccc5o4)cc3)c(-c3ccc(-c4nc5ccccc5o4)cc3)c(-c3ccc(-c4nc5ccccc5o4)cc3)c2-c2cccc(N3c4ccccc4Oc4ccccc43)c2)cc(N2c3ccccc3Oc3ccccc32)c1. The molecule has 0 saturated heterocycles. The molecule has 5 heterocycles. The molecule has 0 bridgehead atoms. The van der Waals surface area contributed by atoms with Gasteiger partial charge in [-0.05, 0) is 207 Å². The molecule has 18 rings (SSSR count). The van der Waals surface area contributed by atoms with E-state index in [1.165, 1.54) is 0 Å². The number of para-hydroxylation sites is 14. The van der Waals surface area contributed by atoms with Gasteiger partial charge in [0, 0.05) is 28.1 Å². The van der Waals surface area contributed by atoms with Gasteiger partial charge in [0.1, 0.15) is 16.6 Å². The topological polar surface area (TPSA) is 103 Å². The Bertz CT molecular complexity index is 5320. The molecule has 0 saturated carbocycles. The van der Waals surface area contributed by atoms with E-state index in [1.807, 2.05) is 121 Å². The summed E-state index contributed by atoms with van der Waals surface area (Å²) in [6.07, 6.45) is 0. The van der Waals surface area contributed by atoms with Crippen molar-refractivity contribution in [2.24, 2.45) is 0 Å². The van der Waals surface area contributed by atoms with E-state index >= 15 is 0 Å². The smallest absolute Gasteiger partial charge is 0.227 e. The molecule has 13 aromatic carbocycles. The van der Waals surface area contributed by atoms with Crippen LogP contribution >= 0.6 is 0 Å². The highest BCUT2D eigenvalue weighted by atomic mass is 16.5. The third-order valence-electron chi connectivity index (χ3n) is 17.2. The second-order valence-corrected chi connectivity index (χ2v) is 22.6. The molecule has 16 aromatic rings. The summed E-state index contributed by atoms with van der Waals surface area (Å²) in [7, 11) is 0. The second kappa shape index (κ2) is 21.1. The monoisotopic (exact) mass is 1170 g/mol. The Hall–Kier alpha value is -12.5. The molecule has 0 N–H and O–H groups in total. The second-order valence-electron chi connectivity index (χ2n) is 22.6. The van der Waals surface area contributed by atoms with Crippen LogP contribution in [0.1, 0.15) is 0 Å². The van der Waals surface area contributed by atoms with Crippen LogP contribution in [0.25, 0.3) is 123 Å². The van der Waals surface area contributed by atoms with Crippen molar-refractivity contribution in [2.75, 3.05) is 9.80 Å². The Morgan fingerprint density at radius 2 is 0.549 bits per heavy atom. The summed E-state index contributed by atoms with van der Waals surface area (Å²) in [6.45, 7) is 0. The maximum Gasteiger partial charge on any atom is 0.227 e. The van der Waals surface area contributed by atoms with Gasteiger partial charge in [-0.15, -0.1) is 0 Å². The molecule has 2 aliphatic rings. The first-order valence-corrected chi connectivity index (χ1v) is 30.2. The quantitative estimate of drug-likeness (QED) is 0.132. The van der Waals surface area contributed by atoms with Crippen molar-refractivity contribution in [2.45, 2.75) is 0 Å². The minimum Gasteiger partial charge on any atom is -0.453 e. The summed E-state index contributed by atoms with van der Waals surface area (Å²) < 4.78 is 32.4. The standard InChI is InChI=1S/C81H49N5O5/c1-8-28-69-62(21-1)82-79(89-69)53-41-35-50(36-42-53)60-49-61(56-17-15-19-58(47-56)85-65-24-4-11-31-72(65)87-73-32-12-5-25-66(73)85)77(57-18-16-20-59(48-57)86-67-26-6-13-33-74(67)88-75-34-14-7-27-68(75)86)78(52-39-45-55(46-40-52)81-84-64-23-3-10-30-71(64)91-81)76(60)51-37-43-54(44-38-51)80-83-63-22-2-9-29-70(63)90-80/h1-49H. The molecule has 0 aliphatic carbocycles. The fourth-order valence-corrected chi connectivity index (χ4v) is 12.9. The third kappa shape index (κ3) is 8.92. The predicted octanol–water partition coefficient (Wildman–Crippen LogP) is 22.6. The van der Waals surface area contributed by atoms with Crippen LogP contribution < -0.4 is 19.3 Å². The third-order valence-corrected chi connectivity index (χ3v) is 17.2. The van der Waals surface area contributed by atoms with Crippen molar-refractivity contribution < 1.29 is 22.7 Å². The van der Waals surface area contributed by atoms with Gasteiger partial charge in [0.05, 0.1) is 22.7 Å². The van der Waals surface area contributed by atoms with E-state index in [-0.39, 0.29) is 0 Å². The van der Waals surface area contributed by atoms with Crippen molar-refractivity contribution in [1.82, 2.24) is 15.0 Å². The van der Waals surface area contributed by atoms with Crippen LogP contribution in [-0.2, 0) is 0 Å². The van der Waals surface area contributed by atoms with Gasteiger partial charge in [-0.1, -0.05) is 146 Å². The highest BCUT2D eigenvalue weighted by Crippen LogP contribution is 2.56. The van der Waals surface area contributed by atoms with Crippen LogP contribution in [0.3, 0.4) is 0 Å². The maximum atomic E-state index is 6.60. The molecule has 428 valence electrons. The number of aromatic nitrogens is 3. The number of benzene rings is 13. The van der Waals surface area contributed by atoms with E-state index < -0.39 is 0 Å². The van der Waals surface area contributed by atoms with Crippen molar-refractivity contribution in [3.8, 4) is 113 Å². The van der Waals surface area contributed by atoms with Crippen molar-refractivity contribution >= 4 is 67.4 Å². The summed E-state index contributed by atoms with van der Waals surface area (Å²) in [6, 6.07) is 103. The lowest BCUT2D eigenvalue weighted by Crippen LogP contribution is -2.15. The fourth-order valence-electron chi connectivity index (χ4n) is 12.9. The Balaban J connectivity index is 0.927. The molecule has 0 spiro atoms. The number of ether oxygens (including phenoxy) is 2. The predicted molar refractivity (Wildman–Crippen MR) is 362 cm³/mol. The highest BCUT2D eigenvalue weighted by molar-refractivity contribution is 6.09. The van der Waals surface area contributed by atoms with Gasteiger partial charge in [-0.3, -0.25) is 0 Å². The van der Waals surface area contributed by atoms with E-state index in [9.17, 15) is 0 Å². The van der Waals surface area contributed by atoms with Gasteiger partial charge < -0.3 is 32.5 Å². The number of hydrogen-bond acceptors (Lipinski definition) is 10. The van der Waals surface area contributed by atoms with Crippen molar-refractivity contribution in [3.05, 3.63) is 297 Å². The first kappa shape index (κ1) is 51.7. The molecule has 0 atom stereocenters. The minimum atomic E-state index is 0.540. The van der Waals surface area contributed by atoms with Gasteiger partial charge >= 0.3 is 0 Å². The molecule has 10 nitrogen and oxygen atoms in total. The lowest BCUT2D eigenvalue weighted by Gasteiger charge is -2.33. The summed E-state index contributed by atoms with van der Waals surface area (Å²) in [5.41, 5.74) is 22.7. The van der Waals surface area contributed by atoms with Crippen LogP contribution in [0.4, 0.5) is 34.1 Å². The first-order chi connectivity index (χ1) is 45.1. The number of oxazole rings is 3. The summed E-state index contributed by atoms with van der Waals surface area (Å²) >= 11 is 0. The zero-order chi connectivity index (χ0) is 59.9. The van der Waals surface area contributed by atoms with E-state index in [0.29, 0.717) is 17.7 Å². The molecule has 10 heteroatoms. The van der Waals surface area contributed by atoms with Gasteiger partial charge in [0.15, 0.2) is 39.7 Å². The van der Waals surface area contributed by atoms with E-state index in [4.69, 9.17) is 37.7 Å². The largest absolute Gasteiger partial charge is 0.453 e. The molecule has 0 amide bonds. The number of fused-ring (bicyclic) bond motifs is 7. The van der Waals surface area contributed by atoms with Gasteiger partial charge in [0.25, 0.3) is 0 Å². The molecule has 91 heavy (non-hydrogen) atoms. The Morgan fingerprint density at radius 3 is 0.967 bits per heavy atom. The molecular formula is C81H49N5O5. The van der Waals surface area contributed by atoms with Crippen LogP contribution in [0.2, 0.25) is 0 Å². The molecular weight excluding hydrogens is 1120 g/mol. The van der Waals surface area contributed by atoms with E-state index in [1.54, 1.807) is 0 Å². The molecule has 2 aliphatic heterocycles. The first-order valence-electron chi connectivity index (χ1n) is 30.2. The van der Waals surface area contributed by atoms with Crippen molar-refractivity contribution in [1.29, 1.82) is 0 Å². The Labute approximate surface area is 522 Å². The molecule has 0 radical (unpaired) electrons. The molecule has 0 fully saturated rings. The molecule has 3 aromatic heterocycles. The fraction of sp³-hybridized carbons (Fsp3) is 0. The van der Waals surface area contributed by atoms with Gasteiger partial charge in [-0.2, -0.15) is 0 Å².